The van der Waals surface area contributed by atoms with Crippen LogP contribution in [0.5, 0.6) is 0 Å². The van der Waals surface area contributed by atoms with Crippen LogP contribution in [0.4, 0.5) is 0 Å². The fourth-order valence-corrected chi connectivity index (χ4v) is 5.93. The zero-order valence-corrected chi connectivity index (χ0v) is 35.3. The van der Waals surface area contributed by atoms with Crippen LogP contribution in [0.3, 0.4) is 0 Å². The third kappa shape index (κ3) is 36.8. The van der Waals surface area contributed by atoms with Gasteiger partial charge in [0.25, 0.3) is 7.82 Å². The largest absolute Gasteiger partial charge is 0.756 e. The molecule has 0 aromatic rings. The summed E-state index contributed by atoms with van der Waals surface area (Å²) < 4.78 is 33.6. The Kier molecular flexibility index (Phi) is 32.8. The Morgan fingerprint density at radius 3 is 1.85 bits per heavy atom. The van der Waals surface area contributed by atoms with E-state index in [1.54, 1.807) is 36.5 Å². The molecule has 0 radical (unpaired) electrons. The van der Waals surface area contributed by atoms with Crippen molar-refractivity contribution >= 4 is 19.8 Å². The molecule has 4 atom stereocenters. The predicted octanol–water partition coefficient (Wildman–Crippen LogP) is 8.44. The number of carbonyl (C=O) groups excluding carboxylic acids is 2. The van der Waals surface area contributed by atoms with E-state index >= 15 is 0 Å². The van der Waals surface area contributed by atoms with Crippen LogP contribution in [0, 0.1) is 0 Å². The van der Waals surface area contributed by atoms with Crippen molar-refractivity contribution in [3.05, 3.63) is 48.6 Å². The summed E-state index contributed by atoms with van der Waals surface area (Å²) in [6.45, 7) is 3.84. The minimum absolute atomic E-state index is 0.0351. The zero-order chi connectivity index (χ0) is 40.3. The second kappa shape index (κ2) is 34.2. The number of carbonyl (C=O) groups is 2. The number of aliphatic hydroxyl groups is 2. The summed E-state index contributed by atoms with van der Waals surface area (Å²) in [4.78, 5) is 37.4. The summed E-state index contributed by atoms with van der Waals surface area (Å²) in [6.07, 6.45) is 30.6. The van der Waals surface area contributed by atoms with E-state index in [0.29, 0.717) is 36.7 Å². The van der Waals surface area contributed by atoms with Gasteiger partial charge >= 0.3 is 11.9 Å². The average molecular weight is 786 g/mol. The number of aliphatic hydroxyl groups excluding tert-OH is 2. The fraction of sp³-hybridized carbons (Fsp3) is 0.762. The number of rotatable bonds is 36. The Balaban J connectivity index is 4.69. The molecule has 2 N–H and O–H groups in total. The van der Waals surface area contributed by atoms with Crippen molar-refractivity contribution in [2.75, 3.05) is 47.5 Å². The van der Waals surface area contributed by atoms with Crippen molar-refractivity contribution in [2.24, 2.45) is 0 Å². The van der Waals surface area contributed by atoms with Crippen LogP contribution in [0.1, 0.15) is 142 Å². The predicted molar refractivity (Wildman–Crippen MR) is 216 cm³/mol. The van der Waals surface area contributed by atoms with E-state index in [4.69, 9.17) is 18.5 Å². The topological polar surface area (TPSA) is 152 Å². The van der Waals surface area contributed by atoms with E-state index in [2.05, 4.69) is 19.9 Å². The lowest BCUT2D eigenvalue weighted by atomic mass is 10.1. The Labute approximate surface area is 328 Å². The standard InChI is InChI=1S/C42H76NO10P/c1-6-8-10-12-14-15-16-17-18-20-26-32-41(46)50-36-40(37-52-54(48,49)51-35-34-43(3,4)5)53-42(47)33-27-31-39(45)30-25-22-21-24-29-38(44)28-23-19-13-11-9-7-2/h19,21-25,29-30,38-40,44-45H,6-18,20,26-28,31-37H2,1-5H3/b22-21+,23-19-,29-24+,30-25-/t38-,39-,40+/m0/s1. The minimum Gasteiger partial charge on any atom is -0.756 e. The zero-order valence-electron chi connectivity index (χ0n) is 34.4. The molecule has 0 heterocycles. The average Bonchev–Trinajstić information content (AvgIpc) is 3.10. The van der Waals surface area contributed by atoms with Gasteiger partial charge in [0.15, 0.2) is 6.10 Å². The molecule has 0 aliphatic carbocycles. The SMILES string of the molecule is CCCCC/C=C\C[C@H](O)/C=C/C=C/C=C\[C@H](O)CCCC(=O)O[C@H](COC(=O)CCCCCCCCCCCCC)COP(=O)([O-])OCC[N+](C)(C)C. The molecule has 0 amide bonds. The molecule has 12 heteroatoms. The number of phosphoric ester groups is 1. The molecule has 54 heavy (non-hydrogen) atoms. The van der Waals surface area contributed by atoms with Gasteiger partial charge in [0.2, 0.25) is 0 Å². The molecule has 0 aliphatic rings. The molecule has 0 saturated heterocycles. The first-order chi connectivity index (χ1) is 25.8. The monoisotopic (exact) mass is 786 g/mol. The van der Waals surface area contributed by atoms with Crippen LogP contribution in [-0.2, 0) is 32.7 Å². The Bertz CT molecular complexity index is 1100. The molecule has 0 aromatic carbocycles. The molecule has 0 fully saturated rings. The lowest BCUT2D eigenvalue weighted by molar-refractivity contribution is -0.870. The molecule has 0 spiro atoms. The van der Waals surface area contributed by atoms with Gasteiger partial charge in [-0.05, 0) is 38.5 Å². The second-order valence-electron chi connectivity index (χ2n) is 15.1. The highest BCUT2D eigenvalue weighted by Crippen LogP contribution is 2.38. The first kappa shape index (κ1) is 51.9. The van der Waals surface area contributed by atoms with E-state index in [1.807, 2.05) is 27.2 Å². The first-order valence-corrected chi connectivity index (χ1v) is 22.0. The lowest BCUT2D eigenvalue weighted by Gasteiger charge is -2.28. The van der Waals surface area contributed by atoms with Crippen molar-refractivity contribution in [1.82, 2.24) is 0 Å². The van der Waals surface area contributed by atoms with Crippen LogP contribution in [0.15, 0.2) is 48.6 Å². The van der Waals surface area contributed by atoms with Crippen LogP contribution >= 0.6 is 7.82 Å². The van der Waals surface area contributed by atoms with Crippen molar-refractivity contribution in [1.29, 1.82) is 0 Å². The lowest BCUT2D eigenvalue weighted by Crippen LogP contribution is -2.37. The number of phosphoric acid groups is 1. The van der Waals surface area contributed by atoms with Gasteiger partial charge in [-0.1, -0.05) is 140 Å². The van der Waals surface area contributed by atoms with Crippen LogP contribution < -0.4 is 4.89 Å². The quantitative estimate of drug-likeness (QED) is 0.0158. The third-order valence-electron chi connectivity index (χ3n) is 8.54. The van der Waals surface area contributed by atoms with E-state index in [1.165, 1.54) is 64.2 Å². The summed E-state index contributed by atoms with van der Waals surface area (Å²) in [6, 6.07) is 0. The van der Waals surface area contributed by atoms with E-state index < -0.39 is 44.7 Å². The van der Waals surface area contributed by atoms with E-state index in [-0.39, 0.29) is 26.1 Å². The van der Waals surface area contributed by atoms with E-state index in [0.717, 1.165) is 25.7 Å². The van der Waals surface area contributed by atoms with Gasteiger partial charge in [0.05, 0.1) is 40.0 Å². The summed E-state index contributed by atoms with van der Waals surface area (Å²) in [5.74, 6) is -1.08. The van der Waals surface area contributed by atoms with Gasteiger partial charge in [-0.25, -0.2) is 0 Å². The number of nitrogens with zero attached hydrogens (tertiary/aromatic N) is 1. The van der Waals surface area contributed by atoms with Crippen LogP contribution in [0.25, 0.3) is 0 Å². The van der Waals surface area contributed by atoms with Crippen LogP contribution in [0.2, 0.25) is 0 Å². The van der Waals surface area contributed by atoms with E-state index in [9.17, 15) is 29.3 Å². The number of hydrogen-bond donors (Lipinski definition) is 2. The van der Waals surface area contributed by atoms with Gasteiger partial charge in [0, 0.05) is 12.8 Å². The van der Waals surface area contributed by atoms with Gasteiger partial charge in [-0.15, -0.1) is 0 Å². The van der Waals surface area contributed by atoms with Crippen molar-refractivity contribution < 1.29 is 52.3 Å². The molecule has 0 rings (SSSR count). The number of ether oxygens (including phenoxy) is 2. The van der Waals surface area contributed by atoms with Crippen LogP contribution in [-0.4, -0.2) is 92.5 Å². The molecular weight excluding hydrogens is 709 g/mol. The second-order valence-corrected chi connectivity index (χ2v) is 16.5. The molecule has 0 aliphatic heterocycles. The molecular formula is C42H76NO10P. The maximum atomic E-state index is 12.6. The molecule has 0 saturated carbocycles. The maximum absolute atomic E-state index is 12.6. The Hall–Kier alpha value is -2.11. The Morgan fingerprint density at radius 1 is 0.685 bits per heavy atom. The maximum Gasteiger partial charge on any atom is 0.306 e. The summed E-state index contributed by atoms with van der Waals surface area (Å²) in [5.41, 5.74) is 0. The normalized spacial score (nSPS) is 15.3. The summed E-state index contributed by atoms with van der Waals surface area (Å²) >= 11 is 0. The van der Waals surface area contributed by atoms with Crippen molar-refractivity contribution in [3.63, 3.8) is 0 Å². The minimum atomic E-state index is -4.69. The highest BCUT2D eigenvalue weighted by Gasteiger charge is 2.22. The first-order valence-electron chi connectivity index (χ1n) is 20.6. The molecule has 11 nitrogen and oxygen atoms in total. The van der Waals surface area contributed by atoms with Gasteiger partial charge in [-0.2, -0.15) is 0 Å². The van der Waals surface area contributed by atoms with Crippen molar-refractivity contribution in [2.45, 2.75) is 161 Å². The Morgan fingerprint density at radius 2 is 1.24 bits per heavy atom. The molecule has 314 valence electrons. The number of allylic oxidation sites excluding steroid dienone is 5. The number of likely N-dealkylation sites (N-methyl/N-ethyl adjacent to an activating group) is 1. The van der Waals surface area contributed by atoms with Gasteiger partial charge in [0.1, 0.15) is 19.8 Å². The number of esters is 2. The van der Waals surface area contributed by atoms with Gasteiger partial charge < -0.3 is 38.1 Å². The van der Waals surface area contributed by atoms with Gasteiger partial charge in [-0.3, -0.25) is 14.2 Å². The molecule has 0 bridgehead atoms. The highest BCUT2D eigenvalue weighted by atomic mass is 31.2. The summed E-state index contributed by atoms with van der Waals surface area (Å²) in [5, 5.41) is 20.3. The number of quaternary nitrogens is 1. The summed E-state index contributed by atoms with van der Waals surface area (Å²) in [7, 11) is 1.01. The smallest absolute Gasteiger partial charge is 0.306 e. The molecule has 0 aromatic heterocycles. The highest BCUT2D eigenvalue weighted by molar-refractivity contribution is 7.45. The van der Waals surface area contributed by atoms with Crippen molar-refractivity contribution in [3.8, 4) is 0 Å². The fourth-order valence-electron chi connectivity index (χ4n) is 5.20. The number of unbranched alkanes of at least 4 members (excludes halogenated alkanes) is 13. The molecule has 1 unspecified atom stereocenters. The third-order valence-corrected chi connectivity index (χ3v) is 9.51. The number of hydrogen-bond acceptors (Lipinski definition) is 10.